The highest BCUT2D eigenvalue weighted by molar-refractivity contribution is 6.00. The molecule has 2 N–H and O–H groups in total. The summed E-state index contributed by atoms with van der Waals surface area (Å²) in [6, 6.07) is 7.54. The molecule has 23 heavy (non-hydrogen) atoms. The van der Waals surface area contributed by atoms with Gasteiger partial charge in [-0.25, -0.2) is 0 Å². The first kappa shape index (κ1) is 15.6. The van der Waals surface area contributed by atoms with Crippen LogP contribution in [-0.4, -0.2) is 34.8 Å². The van der Waals surface area contributed by atoms with Gasteiger partial charge in [0.05, 0.1) is 0 Å². The van der Waals surface area contributed by atoms with Crippen molar-refractivity contribution in [1.82, 2.24) is 9.88 Å². The number of nitrogens with one attached hydrogen (secondary N) is 2. The second-order valence-electron chi connectivity index (χ2n) is 6.63. The molecular weight excluding hydrogens is 290 g/mol. The molecule has 0 aliphatic carbocycles. The lowest BCUT2D eigenvalue weighted by Crippen LogP contribution is -2.27. The van der Waals surface area contributed by atoms with E-state index in [0.29, 0.717) is 18.0 Å². The summed E-state index contributed by atoms with van der Waals surface area (Å²) < 4.78 is 0. The predicted octanol–water partition coefficient (Wildman–Crippen LogP) is 3.39. The van der Waals surface area contributed by atoms with Crippen molar-refractivity contribution in [1.29, 1.82) is 0 Å². The molecule has 1 aliphatic heterocycles. The van der Waals surface area contributed by atoms with Crippen molar-refractivity contribution in [3.8, 4) is 0 Å². The van der Waals surface area contributed by atoms with Crippen molar-refractivity contribution in [3.63, 3.8) is 0 Å². The fraction of sp³-hybridized carbons (Fsp3) is 0.444. The molecule has 1 saturated heterocycles. The third-order valence-corrected chi connectivity index (χ3v) is 4.12. The molecule has 0 spiro atoms. The lowest BCUT2D eigenvalue weighted by atomic mass is 10.1. The van der Waals surface area contributed by atoms with Crippen molar-refractivity contribution in [2.24, 2.45) is 5.92 Å². The monoisotopic (exact) mass is 313 g/mol. The Kier molecular flexibility index (Phi) is 4.37. The van der Waals surface area contributed by atoms with Crippen LogP contribution in [0.4, 0.5) is 5.69 Å². The number of anilines is 1. The molecule has 1 aliphatic rings. The summed E-state index contributed by atoms with van der Waals surface area (Å²) in [5.41, 5.74) is 2.30. The summed E-state index contributed by atoms with van der Waals surface area (Å²) in [7, 11) is 0. The quantitative estimate of drug-likeness (QED) is 0.908. The maximum Gasteiger partial charge on any atom is 0.270 e. The number of rotatable bonds is 4. The molecule has 0 saturated carbocycles. The van der Waals surface area contributed by atoms with E-state index in [1.54, 1.807) is 0 Å². The van der Waals surface area contributed by atoms with Crippen LogP contribution in [0.1, 0.15) is 43.6 Å². The van der Waals surface area contributed by atoms with Gasteiger partial charge in [0.1, 0.15) is 5.69 Å². The lowest BCUT2D eigenvalue weighted by Gasteiger charge is -2.13. The van der Waals surface area contributed by atoms with E-state index in [0.717, 1.165) is 42.5 Å². The Morgan fingerprint density at radius 3 is 2.65 bits per heavy atom. The van der Waals surface area contributed by atoms with Crippen molar-refractivity contribution in [2.75, 3.05) is 18.4 Å². The van der Waals surface area contributed by atoms with E-state index in [4.69, 9.17) is 0 Å². The summed E-state index contributed by atoms with van der Waals surface area (Å²) in [6.07, 6.45) is 2.67. The van der Waals surface area contributed by atoms with E-state index in [9.17, 15) is 9.59 Å². The second kappa shape index (κ2) is 6.44. The van der Waals surface area contributed by atoms with Crippen LogP contribution in [0.25, 0.3) is 10.9 Å². The average molecular weight is 313 g/mol. The number of aromatic nitrogens is 1. The van der Waals surface area contributed by atoms with Crippen LogP contribution < -0.4 is 5.32 Å². The van der Waals surface area contributed by atoms with Crippen LogP contribution in [0.15, 0.2) is 24.3 Å². The number of benzene rings is 1. The fourth-order valence-electron chi connectivity index (χ4n) is 3.00. The molecular formula is C18H23N3O2. The number of fused-ring (bicyclic) bond motifs is 1. The minimum Gasteiger partial charge on any atom is -0.351 e. The van der Waals surface area contributed by atoms with Crippen LogP contribution in [0.5, 0.6) is 0 Å². The number of aromatic amines is 1. The summed E-state index contributed by atoms with van der Waals surface area (Å²) >= 11 is 0. The van der Waals surface area contributed by atoms with E-state index in [2.05, 4.69) is 10.3 Å². The Balaban J connectivity index is 1.77. The number of H-pyrrole nitrogens is 1. The van der Waals surface area contributed by atoms with Gasteiger partial charge in [-0.1, -0.05) is 13.8 Å². The fourth-order valence-corrected chi connectivity index (χ4v) is 3.00. The lowest BCUT2D eigenvalue weighted by molar-refractivity contribution is -0.116. The Morgan fingerprint density at radius 1 is 1.22 bits per heavy atom. The molecule has 3 rings (SSSR count). The first-order valence-electron chi connectivity index (χ1n) is 8.25. The van der Waals surface area contributed by atoms with Gasteiger partial charge in [-0.15, -0.1) is 0 Å². The summed E-state index contributed by atoms with van der Waals surface area (Å²) in [5.74, 6) is 0.406. The van der Waals surface area contributed by atoms with Crippen LogP contribution in [0, 0.1) is 5.92 Å². The molecule has 0 radical (unpaired) electrons. The number of hydrogen-bond acceptors (Lipinski definition) is 2. The van der Waals surface area contributed by atoms with E-state index < -0.39 is 0 Å². The molecule has 5 nitrogen and oxygen atoms in total. The van der Waals surface area contributed by atoms with E-state index in [1.807, 2.05) is 43.0 Å². The Morgan fingerprint density at radius 2 is 1.96 bits per heavy atom. The van der Waals surface area contributed by atoms with Crippen LogP contribution in [0.3, 0.4) is 0 Å². The topological polar surface area (TPSA) is 65.2 Å². The van der Waals surface area contributed by atoms with Gasteiger partial charge in [-0.2, -0.15) is 0 Å². The molecule has 5 heteroatoms. The van der Waals surface area contributed by atoms with Gasteiger partial charge in [0.15, 0.2) is 0 Å². The van der Waals surface area contributed by atoms with Gasteiger partial charge in [0.2, 0.25) is 5.91 Å². The number of nitrogens with zero attached hydrogens (tertiary/aromatic N) is 1. The molecule has 1 aromatic carbocycles. The first-order chi connectivity index (χ1) is 11.0. The Labute approximate surface area is 136 Å². The number of likely N-dealkylation sites (tertiary alicyclic amines) is 1. The third kappa shape index (κ3) is 3.55. The van der Waals surface area contributed by atoms with Gasteiger partial charge in [0.25, 0.3) is 5.91 Å². The normalized spacial score (nSPS) is 14.7. The number of amides is 2. The standard InChI is InChI=1S/C18H23N3O2/c1-12(2)9-17(22)19-14-5-6-15-13(10-14)11-16(20-15)18(23)21-7-3-4-8-21/h5-6,10-12,20H,3-4,7-9H2,1-2H3,(H,19,22). The summed E-state index contributed by atoms with van der Waals surface area (Å²) in [4.78, 5) is 29.4. The van der Waals surface area contributed by atoms with Crippen LogP contribution >= 0.6 is 0 Å². The van der Waals surface area contributed by atoms with E-state index in [-0.39, 0.29) is 11.8 Å². The summed E-state index contributed by atoms with van der Waals surface area (Å²) in [5, 5.41) is 3.85. The van der Waals surface area contributed by atoms with Crippen molar-refractivity contribution < 1.29 is 9.59 Å². The van der Waals surface area contributed by atoms with E-state index >= 15 is 0 Å². The predicted molar refractivity (Wildman–Crippen MR) is 91.5 cm³/mol. The maximum absolute atomic E-state index is 12.4. The van der Waals surface area contributed by atoms with Gasteiger partial charge in [-0.3, -0.25) is 9.59 Å². The SMILES string of the molecule is CC(C)CC(=O)Nc1ccc2[nH]c(C(=O)N3CCCC3)cc2c1. The number of carbonyl (C=O) groups is 2. The Bertz CT molecular complexity index is 727. The molecule has 0 unspecified atom stereocenters. The minimum atomic E-state index is 0.0169. The zero-order valence-electron chi connectivity index (χ0n) is 13.7. The molecule has 1 fully saturated rings. The highest BCUT2D eigenvalue weighted by Crippen LogP contribution is 2.22. The second-order valence-corrected chi connectivity index (χ2v) is 6.63. The molecule has 0 atom stereocenters. The van der Waals surface area contributed by atoms with Crippen molar-refractivity contribution >= 4 is 28.4 Å². The molecule has 2 aromatic rings. The number of carbonyl (C=O) groups excluding carboxylic acids is 2. The highest BCUT2D eigenvalue weighted by Gasteiger charge is 2.21. The van der Waals surface area contributed by atoms with Gasteiger partial charge < -0.3 is 15.2 Å². The van der Waals surface area contributed by atoms with Crippen LogP contribution in [0.2, 0.25) is 0 Å². The van der Waals surface area contributed by atoms with Gasteiger partial charge in [-0.05, 0) is 43.0 Å². The highest BCUT2D eigenvalue weighted by atomic mass is 16.2. The number of hydrogen-bond donors (Lipinski definition) is 2. The largest absolute Gasteiger partial charge is 0.351 e. The molecule has 122 valence electrons. The van der Waals surface area contributed by atoms with Gasteiger partial charge >= 0.3 is 0 Å². The molecule has 2 heterocycles. The first-order valence-corrected chi connectivity index (χ1v) is 8.25. The maximum atomic E-state index is 12.4. The van der Waals surface area contributed by atoms with Crippen LogP contribution in [-0.2, 0) is 4.79 Å². The average Bonchev–Trinajstić information content (AvgIpc) is 3.14. The molecule has 1 aromatic heterocycles. The van der Waals surface area contributed by atoms with Gasteiger partial charge in [0, 0.05) is 36.1 Å². The molecule has 2 amide bonds. The minimum absolute atomic E-state index is 0.0169. The third-order valence-electron chi connectivity index (χ3n) is 4.12. The van der Waals surface area contributed by atoms with Crippen molar-refractivity contribution in [2.45, 2.75) is 33.1 Å². The van der Waals surface area contributed by atoms with Crippen molar-refractivity contribution in [3.05, 3.63) is 30.0 Å². The zero-order chi connectivity index (χ0) is 16.4. The smallest absolute Gasteiger partial charge is 0.270 e. The van der Waals surface area contributed by atoms with E-state index in [1.165, 1.54) is 0 Å². The zero-order valence-corrected chi connectivity index (χ0v) is 13.7. The summed E-state index contributed by atoms with van der Waals surface area (Å²) in [6.45, 7) is 5.71. The Hall–Kier alpha value is -2.30. The molecule has 0 bridgehead atoms.